The van der Waals surface area contributed by atoms with E-state index in [1.54, 1.807) is 24.3 Å². The Balaban J connectivity index is 0.00000242. The molecule has 0 bridgehead atoms. The van der Waals surface area contributed by atoms with Crippen LogP contribution in [0, 0.1) is 0 Å². The second-order valence-corrected chi connectivity index (χ2v) is 5.13. The van der Waals surface area contributed by atoms with Gasteiger partial charge in [-0.1, -0.05) is 12.1 Å². The van der Waals surface area contributed by atoms with Crippen molar-refractivity contribution in [3.8, 4) is 5.75 Å². The van der Waals surface area contributed by atoms with Gasteiger partial charge in [0.15, 0.2) is 0 Å². The largest absolute Gasteiger partial charge is 0.494 e. The fourth-order valence-electron chi connectivity index (χ4n) is 2.65. The zero-order valence-corrected chi connectivity index (χ0v) is 14.6. The van der Waals surface area contributed by atoms with Gasteiger partial charge in [0.1, 0.15) is 5.75 Å². The third-order valence-electron chi connectivity index (χ3n) is 3.57. The fraction of sp³-hybridized carbons (Fsp3) is 0.600. The Labute approximate surface area is 147 Å². The van der Waals surface area contributed by atoms with Crippen LogP contribution in [0.5, 0.6) is 5.75 Å². The minimum absolute atomic E-state index is 0. The molecule has 0 unspecified atom stereocenters. The lowest BCUT2D eigenvalue weighted by Gasteiger charge is -2.35. The maximum Gasteiger partial charge on any atom is 0.390 e. The summed E-state index contributed by atoms with van der Waals surface area (Å²) in [6.07, 6.45) is -5.01. The Morgan fingerprint density at radius 2 is 1.87 bits per heavy atom. The molecule has 1 fully saturated rings. The molecule has 1 heterocycles. The lowest BCUT2D eigenvalue weighted by molar-refractivity contribution is -0.148. The zero-order chi connectivity index (χ0) is 15.3. The molecule has 134 valence electrons. The highest BCUT2D eigenvalue weighted by molar-refractivity contribution is 5.85. The van der Waals surface area contributed by atoms with Gasteiger partial charge in [0.2, 0.25) is 0 Å². The number of rotatable bonds is 5. The van der Waals surface area contributed by atoms with Crippen LogP contribution in [0.25, 0.3) is 0 Å². The van der Waals surface area contributed by atoms with Gasteiger partial charge in [0.05, 0.1) is 13.0 Å². The number of nitrogens with zero attached hydrogens (tertiary/aromatic N) is 1. The molecule has 0 radical (unpaired) electrons. The molecule has 2 rings (SSSR count). The van der Waals surface area contributed by atoms with Crippen LogP contribution in [0.2, 0.25) is 0 Å². The van der Waals surface area contributed by atoms with E-state index in [1.165, 1.54) is 0 Å². The molecule has 1 aliphatic heterocycles. The van der Waals surface area contributed by atoms with Crippen molar-refractivity contribution in [2.75, 3.05) is 32.8 Å². The summed E-state index contributed by atoms with van der Waals surface area (Å²) in [5, 5.41) is 3.17. The van der Waals surface area contributed by atoms with Crippen molar-refractivity contribution in [1.29, 1.82) is 0 Å². The molecule has 1 saturated heterocycles. The van der Waals surface area contributed by atoms with E-state index < -0.39 is 18.6 Å². The molecule has 0 aromatic heterocycles. The van der Waals surface area contributed by atoms with E-state index in [9.17, 15) is 13.2 Å². The Hall–Kier alpha value is -0.690. The number of piperazine rings is 1. The van der Waals surface area contributed by atoms with Crippen molar-refractivity contribution < 1.29 is 17.9 Å². The van der Waals surface area contributed by atoms with Crippen LogP contribution < -0.4 is 10.1 Å². The van der Waals surface area contributed by atoms with Crippen LogP contribution in [-0.2, 0) is 0 Å². The van der Waals surface area contributed by atoms with Crippen LogP contribution in [0.4, 0.5) is 13.2 Å². The van der Waals surface area contributed by atoms with Crippen LogP contribution >= 0.6 is 24.8 Å². The monoisotopic (exact) mass is 374 g/mol. The number of hydrogen-bond acceptors (Lipinski definition) is 3. The third kappa shape index (κ3) is 7.16. The van der Waals surface area contributed by atoms with Gasteiger partial charge in [-0.3, -0.25) is 4.90 Å². The molecular formula is C15H23Cl2F3N2O. The lowest BCUT2D eigenvalue weighted by atomic mass is 10.0. The van der Waals surface area contributed by atoms with Crippen LogP contribution in [-0.4, -0.2) is 43.9 Å². The van der Waals surface area contributed by atoms with Gasteiger partial charge < -0.3 is 10.1 Å². The predicted molar refractivity (Wildman–Crippen MR) is 90.0 cm³/mol. The van der Waals surface area contributed by atoms with E-state index in [-0.39, 0.29) is 24.8 Å². The van der Waals surface area contributed by atoms with Crippen molar-refractivity contribution in [3.63, 3.8) is 0 Å². The maximum absolute atomic E-state index is 12.9. The Morgan fingerprint density at radius 1 is 1.22 bits per heavy atom. The van der Waals surface area contributed by atoms with Crippen LogP contribution in [0.15, 0.2) is 24.3 Å². The number of benzene rings is 1. The SMILES string of the molecule is CCOc1cccc([C@@H](CC(F)(F)F)N2CCNCC2)c1.Cl.Cl. The number of hydrogen-bond donors (Lipinski definition) is 1. The smallest absolute Gasteiger partial charge is 0.390 e. The summed E-state index contributed by atoms with van der Waals surface area (Å²) in [6, 6.07) is 6.36. The normalized spacial score (nSPS) is 16.9. The Kier molecular flexibility index (Phi) is 9.93. The van der Waals surface area contributed by atoms with Gasteiger partial charge in [0.25, 0.3) is 0 Å². The van der Waals surface area contributed by atoms with E-state index in [4.69, 9.17) is 4.74 Å². The molecular weight excluding hydrogens is 352 g/mol. The number of halogens is 5. The second-order valence-electron chi connectivity index (χ2n) is 5.13. The Bertz CT molecular complexity index is 455. The van der Waals surface area contributed by atoms with Gasteiger partial charge in [0, 0.05) is 32.2 Å². The average molecular weight is 375 g/mol. The highest BCUT2D eigenvalue weighted by Gasteiger charge is 2.36. The first-order valence-electron chi connectivity index (χ1n) is 7.24. The van der Waals surface area contributed by atoms with Gasteiger partial charge in [-0.15, -0.1) is 24.8 Å². The third-order valence-corrected chi connectivity index (χ3v) is 3.57. The number of ether oxygens (including phenoxy) is 1. The summed E-state index contributed by atoms with van der Waals surface area (Å²) < 4.78 is 44.2. The summed E-state index contributed by atoms with van der Waals surface area (Å²) in [5.74, 6) is 0.623. The molecule has 1 aromatic carbocycles. The minimum atomic E-state index is -4.18. The second kappa shape index (κ2) is 10.2. The lowest BCUT2D eigenvalue weighted by Crippen LogP contribution is -2.46. The fourth-order valence-corrected chi connectivity index (χ4v) is 2.65. The summed E-state index contributed by atoms with van der Waals surface area (Å²) in [4.78, 5) is 1.90. The summed E-state index contributed by atoms with van der Waals surface area (Å²) in [7, 11) is 0. The predicted octanol–water partition coefficient (Wildman–Crippen LogP) is 3.83. The first-order valence-corrected chi connectivity index (χ1v) is 7.24. The van der Waals surface area contributed by atoms with Gasteiger partial charge in [-0.2, -0.15) is 13.2 Å². The van der Waals surface area contributed by atoms with Crippen molar-refractivity contribution in [2.24, 2.45) is 0 Å². The van der Waals surface area contributed by atoms with Gasteiger partial charge in [-0.05, 0) is 24.6 Å². The number of nitrogens with one attached hydrogen (secondary N) is 1. The quantitative estimate of drug-likeness (QED) is 0.847. The van der Waals surface area contributed by atoms with Crippen LogP contribution in [0.1, 0.15) is 24.9 Å². The van der Waals surface area contributed by atoms with Gasteiger partial charge >= 0.3 is 6.18 Å². The van der Waals surface area contributed by atoms with Crippen molar-refractivity contribution in [3.05, 3.63) is 29.8 Å². The molecule has 0 amide bonds. The van der Waals surface area contributed by atoms with E-state index in [0.29, 0.717) is 31.0 Å². The molecule has 1 N–H and O–H groups in total. The molecule has 23 heavy (non-hydrogen) atoms. The average Bonchev–Trinajstić information content (AvgIpc) is 2.45. The number of alkyl halides is 3. The summed E-state index contributed by atoms with van der Waals surface area (Å²) >= 11 is 0. The highest BCUT2D eigenvalue weighted by atomic mass is 35.5. The van der Waals surface area contributed by atoms with Crippen LogP contribution in [0.3, 0.4) is 0 Å². The zero-order valence-electron chi connectivity index (χ0n) is 12.9. The minimum Gasteiger partial charge on any atom is -0.494 e. The van der Waals surface area contributed by atoms with Crippen molar-refractivity contribution in [1.82, 2.24) is 10.2 Å². The Morgan fingerprint density at radius 3 is 2.43 bits per heavy atom. The standard InChI is InChI=1S/C15H21F3N2O.2ClH/c1-2-21-13-5-3-4-12(10-13)14(11-15(16,17)18)20-8-6-19-7-9-20;;/h3-5,10,14,19H,2,6-9,11H2,1H3;2*1H/t14-;;/m1../s1. The molecule has 3 nitrogen and oxygen atoms in total. The molecule has 1 atom stereocenters. The van der Waals surface area contributed by atoms with E-state index >= 15 is 0 Å². The topological polar surface area (TPSA) is 24.5 Å². The molecule has 1 aromatic rings. The molecule has 8 heteroatoms. The first-order chi connectivity index (χ1) is 9.99. The maximum atomic E-state index is 12.9. The van der Waals surface area contributed by atoms with E-state index in [1.807, 2.05) is 11.8 Å². The molecule has 1 aliphatic rings. The molecule has 0 spiro atoms. The van der Waals surface area contributed by atoms with E-state index in [2.05, 4.69) is 5.32 Å². The van der Waals surface area contributed by atoms with E-state index in [0.717, 1.165) is 13.1 Å². The van der Waals surface area contributed by atoms with Gasteiger partial charge in [-0.25, -0.2) is 0 Å². The highest BCUT2D eigenvalue weighted by Crippen LogP contribution is 2.35. The molecule has 0 saturated carbocycles. The summed E-state index contributed by atoms with van der Waals surface area (Å²) in [5.41, 5.74) is 0.667. The summed E-state index contributed by atoms with van der Waals surface area (Å²) in [6.45, 7) is 5.05. The van der Waals surface area contributed by atoms with Crippen molar-refractivity contribution in [2.45, 2.75) is 25.6 Å². The van der Waals surface area contributed by atoms with Crippen molar-refractivity contribution >= 4 is 24.8 Å². The first kappa shape index (κ1) is 22.3. The molecule has 0 aliphatic carbocycles.